The van der Waals surface area contributed by atoms with E-state index < -0.39 is 0 Å². The number of allylic oxidation sites excluding steroid dienone is 2. The zero-order valence-electron chi connectivity index (χ0n) is 8.82. The van der Waals surface area contributed by atoms with Gasteiger partial charge in [-0.3, -0.25) is 4.79 Å². The summed E-state index contributed by atoms with van der Waals surface area (Å²) in [5.74, 6) is 0.880. The topological polar surface area (TPSA) is 42.0 Å². The first-order chi connectivity index (χ1) is 7.74. The maximum atomic E-state index is 11.7. The van der Waals surface area contributed by atoms with Gasteiger partial charge in [-0.05, 0) is 30.9 Å². The van der Waals surface area contributed by atoms with Crippen molar-refractivity contribution < 1.29 is 4.79 Å². The molecule has 1 aliphatic carbocycles. The van der Waals surface area contributed by atoms with Crippen LogP contribution in [0.4, 0.5) is 5.82 Å². The van der Waals surface area contributed by atoms with E-state index in [0.29, 0.717) is 23.2 Å². The second-order valence-corrected chi connectivity index (χ2v) is 4.31. The van der Waals surface area contributed by atoms with E-state index in [4.69, 9.17) is 11.6 Å². The highest BCUT2D eigenvalue weighted by Crippen LogP contribution is 2.21. The van der Waals surface area contributed by atoms with Crippen molar-refractivity contribution in [3.8, 4) is 0 Å². The summed E-state index contributed by atoms with van der Waals surface area (Å²) in [6.45, 7) is 0. The SMILES string of the molecule is O=C(CC1C=CCC1)Nc1cc(Cl)ccn1. The van der Waals surface area contributed by atoms with Gasteiger partial charge in [0.2, 0.25) is 5.91 Å². The summed E-state index contributed by atoms with van der Waals surface area (Å²) in [6, 6.07) is 3.32. The minimum Gasteiger partial charge on any atom is -0.311 e. The van der Waals surface area contributed by atoms with E-state index in [1.807, 2.05) is 0 Å². The van der Waals surface area contributed by atoms with Gasteiger partial charge >= 0.3 is 0 Å². The third-order valence-electron chi connectivity index (χ3n) is 2.55. The molecule has 1 heterocycles. The highest BCUT2D eigenvalue weighted by Gasteiger charge is 2.14. The lowest BCUT2D eigenvalue weighted by Crippen LogP contribution is -2.15. The highest BCUT2D eigenvalue weighted by molar-refractivity contribution is 6.30. The average Bonchev–Trinajstić information content (AvgIpc) is 2.70. The van der Waals surface area contributed by atoms with Crippen LogP contribution in [0.2, 0.25) is 5.02 Å². The third-order valence-corrected chi connectivity index (χ3v) is 2.78. The van der Waals surface area contributed by atoms with Crippen molar-refractivity contribution in [2.75, 3.05) is 5.32 Å². The van der Waals surface area contributed by atoms with E-state index in [1.54, 1.807) is 18.3 Å². The van der Waals surface area contributed by atoms with Gasteiger partial charge in [0.1, 0.15) is 5.82 Å². The van der Waals surface area contributed by atoms with E-state index in [1.165, 1.54) is 0 Å². The Labute approximate surface area is 99.5 Å². The number of hydrogen-bond donors (Lipinski definition) is 1. The number of anilines is 1. The van der Waals surface area contributed by atoms with Crippen LogP contribution in [0.5, 0.6) is 0 Å². The van der Waals surface area contributed by atoms with Crippen molar-refractivity contribution in [1.82, 2.24) is 4.98 Å². The van der Waals surface area contributed by atoms with Gasteiger partial charge < -0.3 is 5.32 Å². The molecule has 3 nitrogen and oxygen atoms in total. The third kappa shape index (κ3) is 3.07. The number of hydrogen-bond acceptors (Lipinski definition) is 2. The molecule has 1 aromatic heterocycles. The Morgan fingerprint density at radius 1 is 1.62 bits per heavy atom. The summed E-state index contributed by atoms with van der Waals surface area (Å²) < 4.78 is 0. The van der Waals surface area contributed by atoms with Gasteiger partial charge in [-0.15, -0.1) is 0 Å². The van der Waals surface area contributed by atoms with Crippen LogP contribution in [0, 0.1) is 5.92 Å². The summed E-state index contributed by atoms with van der Waals surface area (Å²) in [5.41, 5.74) is 0. The molecule has 1 amide bonds. The molecule has 4 heteroatoms. The van der Waals surface area contributed by atoms with Gasteiger partial charge in [-0.25, -0.2) is 4.98 Å². The largest absolute Gasteiger partial charge is 0.311 e. The van der Waals surface area contributed by atoms with Gasteiger partial charge in [0.25, 0.3) is 0 Å². The van der Waals surface area contributed by atoms with Gasteiger partial charge in [0.15, 0.2) is 0 Å². The molecule has 1 aliphatic rings. The maximum absolute atomic E-state index is 11.7. The van der Waals surface area contributed by atoms with Crippen LogP contribution in [0.1, 0.15) is 19.3 Å². The van der Waals surface area contributed by atoms with Crippen LogP contribution >= 0.6 is 11.6 Å². The predicted octanol–water partition coefficient (Wildman–Crippen LogP) is 3.03. The molecule has 0 saturated carbocycles. The van der Waals surface area contributed by atoms with Crippen LogP contribution < -0.4 is 5.32 Å². The average molecular weight is 237 g/mol. The van der Waals surface area contributed by atoms with E-state index in [2.05, 4.69) is 22.5 Å². The molecule has 0 aliphatic heterocycles. The number of carbonyl (C=O) groups excluding carboxylic acids is 1. The summed E-state index contributed by atoms with van der Waals surface area (Å²) in [7, 11) is 0. The summed E-state index contributed by atoms with van der Waals surface area (Å²) in [4.78, 5) is 15.7. The number of nitrogens with one attached hydrogen (secondary N) is 1. The molecule has 0 aromatic carbocycles. The van der Waals surface area contributed by atoms with Gasteiger partial charge in [0.05, 0.1) is 0 Å². The zero-order valence-corrected chi connectivity index (χ0v) is 9.57. The lowest BCUT2D eigenvalue weighted by atomic mass is 10.1. The van der Waals surface area contributed by atoms with Gasteiger partial charge in [0, 0.05) is 17.6 Å². The summed E-state index contributed by atoms with van der Waals surface area (Å²) >= 11 is 5.80. The molecule has 84 valence electrons. The Hall–Kier alpha value is -1.35. The Balaban J connectivity index is 1.89. The monoisotopic (exact) mass is 236 g/mol. The van der Waals surface area contributed by atoms with Crippen LogP contribution in [0.3, 0.4) is 0 Å². The highest BCUT2D eigenvalue weighted by atomic mass is 35.5. The number of amides is 1. The van der Waals surface area contributed by atoms with E-state index in [9.17, 15) is 4.79 Å². The fourth-order valence-corrected chi connectivity index (χ4v) is 1.93. The number of pyridine rings is 1. The molecule has 0 spiro atoms. The second kappa shape index (κ2) is 5.12. The van der Waals surface area contributed by atoms with Crippen molar-refractivity contribution in [2.45, 2.75) is 19.3 Å². The van der Waals surface area contributed by atoms with Crippen LogP contribution in [-0.2, 0) is 4.79 Å². The zero-order chi connectivity index (χ0) is 11.4. The molecule has 16 heavy (non-hydrogen) atoms. The van der Waals surface area contributed by atoms with Crippen LogP contribution in [0.25, 0.3) is 0 Å². The normalized spacial score (nSPS) is 18.7. The molecule has 0 saturated heterocycles. The molecule has 0 fully saturated rings. The summed E-state index contributed by atoms with van der Waals surface area (Å²) in [6.07, 6.45) is 8.46. The van der Waals surface area contributed by atoms with Crippen molar-refractivity contribution in [2.24, 2.45) is 5.92 Å². The van der Waals surface area contributed by atoms with Crippen LogP contribution in [-0.4, -0.2) is 10.9 Å². The lowest BCUT2D eigenvalue weighted by Gasteiger charge is -2.07. The minimum absolute atomic E-state index is 0.00804. The van der Waals surface area contributed by atoms with Crippen molar-refractivity contribution in [3.05, 3.63) is 35.5 Å². The molecule has 1 aromatic rings. The van der Waals surface area contributed by atoms with E-state index >= 15 is 0 Å². The number of aromatic nitrogens is 1. The molecule has 0 bridgehead atoms. The predicted molar refractivity (Wildman–Crippen MR) is 64.4 cm³/mol. The number of rotatable bonds is 3. The minimum atomic E-state index is -0.00804. The smallest absolute Gasteiger partial charge is 0.226 e. The van der Waals surface area contributed by atoms with E-state index in [0.717, 1.165) is 12.8 Å². The molecular formula is C12H13ClN2O. The van der Waals surface area contributed by atoms with Crippen molar-refractivity contribution in [1.29, 1.82) is 0 Å². The Bertz CT molecular complexity index is 417. The first kappa shape index (κ1) is 11.1. The fourth-order valence-electron chi connectivity index (χ4n) is 1.77. The molecule has 1 unspecified atom stereocenters. The fraction of sp³-hybridized carbons (Fsp3) is 0.333. The lowest BCUT2D eigenvalue weighted by molar-refractivity contribution is -0.116. The Morgan fingerprint density at radius 3 is 3.19 bits per heavy atom. The standard InChI is InChI=1S/C12H13ClN2O/c13-10-5-6-14-11(8-10)15-12(16)7-9-3-1-2-4-9/h1,3,5-6,8-9H,2,4,7H2,(H,14,15,16). The quantitative estimate of drug-likeness (QED) is 0.820. The first-order valence-corrected chi connectivity index (χ1v) is 5.70. The molecular weight excluding hydrogens is 224 g/mol. The summed E-state index contributed by atoms with van der Waals surface area (Å²) in [5, 5.41) is 3.32. The molecule has 1 N–H and O–H groups in total. The number of carbonyl (C=O) groups is 1. The molecule has 0 radical (unpaired) electrons. The first-order valence-electron chi connectivity index (χ1n) is 5.32. The van der Waals surface area contributed by atoms with E-state index in [-0.39, 0.29) is 5.91 Å². The second-order valence-electron chi connectivity index (χ2n) is 3.88. The molecule has 2 rings (SSSR count). The number of nitrogens with zero attached hydrogens (tertiary/aromatic N) is 1. The number of halogens is 1. The van der Waals surface area contributed by atoms with Gasteiger partial charge in [-0.2, -0.15) is 0 Å². The van der Waals surface area contributed by atoms with Gasteiger partial charge in [-0.1, -0.05) is 23.8 Å². The van der Waals surface area contributed by atoms with Crippen LogP contribution in [0.15, 0.2) is 30.5 Å². The van der Waals surface area contributed by atoms with Crippen molar-refractivity contribution >= 4 is 23.3 Å². The Kier molecular flexibility index (Phi) is 3.57. The Morgan fingerprint density at radius 2 is 2.50 bits per heavy atom. The molecule has 1 atom stereocenters. The maximum Gasteiger partial charge on any atom is 0.226 e. The van der Waals surface area contributed by atoms with Crippen molar-refractivity contribution in [3.63, 3.8) is 0 Å².